The Bertz CT molecular complexity index is 942. The Hall–Kier alpha value is -2.14. The van der Waals surface area contributed by atoms with E-state index < -0.39 is 0 Å². The number of benzene rings is 1. The molecule has 0 spiro atoms. The van der Waals surface area contributed by atoms with Gasteiger partial charge in [0.15, 0.2) is 0 Å². The normalized spacial score (nSPS) is 14.9. The molecule has 0 saturated carbocycles. The van der Waals surface area contributed by atoms with Crippen LogP contribution in [0.15, 0.2) is 29.1 Å². The summed E-state index contributed by atoms with van der Waals surface area (Å²) in [5, 5.41) is 0.809. The third-order valence-electron chi connectivity index (χ3n) is 4.67. The predicted molar refractivity (Wildman–Crippen MR) is 98.1 cm³/mol. The number of fused-ring (bicyclic) bond motifs is 3. The summed E-state index contributed by atoms with van der Waals surface area (Å²) in [5.74, 6) is 1.37. The Morgan fingerprint density at radius 1 is 1.17 bits per heavy atom. The van der Waals surface area contributed by atoms with E-state index in [-0.39, 0.29) is 5.56 Å². The van der Waals surface area contributed by atoms with E-state index >= 15 is 0 Å². The third kappa shape index (κ3) is 2.73. The number of nitrogens with one attached hydrogen (secondary N) is 1. The lowest BCUT2D eigenvalue weighted by Crippen LogP contribution is -2.10. The molecule has 3 aromatic rings. The van der Waals surface area contributed by atoms with Gasteiger partial charge in [-0.15, -0.1) is 11.3 Å². The minimum atomic E-state index is -0.0177. The van der Waals surface area contributed by atoms with Crippen molar-refractivity contribution in [1.29, 1.82) is 0 Å². The van der Waals surface area contributed by atoms with E-state index in [1.54, 1.807) is 18.4 Å². The summed E-state index contributed by atoms with van der Waals surface area (Å²) < 4.78 is 5.27. The Balaban J connectivity index is 1.87. The molecule has 4 rings (SSSR count). The van der Waals surface area contributed by atoms with Crippen LogP contribution in [0, 0.1) is 0 Å². The van der Waals surface area contributed by atoms with Crippen molar-refractivity contribution in [3.63, 3.8) is 0 Å². The first kappa shape index (κ1) is 15.4. The molecule has 24 heavy (non-hydrogen) atoms. The summed E-state index contributed by atoms with van der Waals surface area (Å²) in [6.45, 7) is 0. The molecule has 2 aromatic heterocycles. The molecule has 4 nitrogen and oxygen atoms in total. The van der Waals surface area contributed by atoms with E-state index in [0.29, 0.717) is 5.82 Å². The Kier molecular flexibility index (Phi) is 4.10. The molecule has 1 aliphatic carbocycles. The zero-order valence-electron chi connectivity index (χ0n) is 13.7. The fourth-order valence-electron chi connectivity index (χ4n) is 3.42. The number of rotatable bonds is 2. The molecular formula is C19H20N2O2S. The lowest BCUT2D eigenvalue weighted by atomic mass is 9.98. The molecule has 0 bridgehead atoms. The summed E-state index contributed by atoms with van der Waals surface area (Å²) in [5.41, 5.74) is 2.09. The number of aromatic amines is 1. The van der Waals surface area contributed by atoms with Gasteiger partial charge in [0.1, 0.15) is 16.4 Å². The van der Waals surface area contributed by atoms with Gasteiger partial charge < -0.3 is 9.72 Å². The first-order valence-corrected chi connectivity index (χ1v) is 9.27. The zero-order chi connectivity index (χ0) is 16.5. The number of ether oxygens (including phenoxy) is 1. The topological polar surface area (TPSA) is 55.0 Å². The highest BCUT2D eigenvalue weighted by Gasteiger charge is 2.18. The number of aromatic nitrogens is 2. The van der Waals surface area contributed by atoms with Gasteiger partial charge in [-0.3, -0.25) is 4.79 Å². The van der Waals surface area contributed by atoms with Crippen LogP contribution in [0.3, 0.4) is 0 Å². The lowest BCUT2D eigenvalue weighted by Gasteiger charge is -2.08. The molecule has 0 aliphatic heterocycles. The maximum atomic E-state index is 12.7. The molecular weight excluding hydrogens is 320 g/mol. The van der Waals surface area contributed by atoms with Gasteiger partial charge in [-0.1, -0.05) is 25.0 Å². The van der Waals surface area contributed by atoms with Crippen LogP contribution >= 0.6 is 11.3 Å². The van der Waals surface area contributed by atoms with Crippen LogP contribution in [0.2, 0.25) is 0 Å². The second-order valence-corrected chi connectivity index (χ2v) is 7.33. The van der Waals surface area contributed by atoms with Gasteiger partial charge in [0, 0.05) is 10.4 Å². The number of H-pyrrole nitrogens is 1. The third-order valence-corrected chi connectivity index (χ3v) is 5.85. The fourth-order valence-corrected chi connectivity index (χ4v) is 4.69. The Morgan fingerprint density at radius 2 is 2.00 bits per heavy atom. The molecule has 0 fully saturated rings. The average Bonchev–Trinajstić information content (AvgIpc) is 2.92. The van der Waals surface area contributed by atoms with Crippen LogP contribution in [0.1, 0.15) is 36.1 Å². The van der Waals surface area contributed by atoms with Crippen molar-refractivity contribution in [1.82, 2.24) is 9.97 Å². The highest BCUT2D eigenvalue weighted by molar-refractivity contribution is 7.18. The van der Waals surface area contributed by atoms with E-state index in [0.717, 1.165) is 40.8 Å². The molecule has 2 heterocycles. The Morgan fingerprint density at radius 3 is 2.83 bits per heavy atom. The lowest BCUT2D eigenvalue weighted by molar-refractivity contribution is 0.415. The number of nitrogens with zero attached hydrogens (tertiary/aromatic N) is 1. The number of thiophene rings is 1. The van der Waals surface area contributed by atoms with Crippen molar-refractivity contribution in [2.75, 3.05) is 7.11 Å². The van der Waals surface area contributed by atoms with Crippen LogP contribution in [-0.4, -0.2) is 17.1 Å². The fraction of sp³-hybridized carbons (Fsp3) is 0.368. The van der Waals surface area contributed by atoms with Crippen LogP contribution in [-0.2, 0) is 12.8 Å². The van der Waals surface area contributed by atoms with Crippen LogP contribution in [0.5, 0.6) is 5.75 Å². The monoisotopic (exact) mass is 340 g/mol. The molecule has 1 N–H and O–H groups in total. The molecule has 1 aliphatic rings. The zero-order valence-corrected chi connectivity index (χ0v) is 14.5. The van der Waals surface area contributed by atoms with Crippen LogP contribution in [0.25, 0.3) is 21.6 Å². The van der Waals surface area contributed by atoms with Crippen molar-refractivity contribution in [2.45, 2.75) is 38.5 Å². The average molecular weight is 340 g/mol. The molecule has 124 valence electrons. The smallest absolute Gasteiger partial charge is 0.260 e. The van der Waals surface area contributed by atoms with Gasteiger partial charge in [0.05, 0.1) is 12.5 Å². The summed E-state index contributed by atoms with van der Waals surface area (Å²) in [4.78, 5) is 22.7. The van der Waals surface area contributed by atoms with Gasteiger partial charge in [0.25, 0.3) is 5.56 Å². The van der Waals surface area contributed by atoms with Crippen molar-refractivity contribution in [3.8, 4) is 17.1 Å². The largest absolute Gasteiger partial charge is 0.497 e. The second kappa shape index (κ2) is 6.40. The first-order chi connectivity index (χ1) is 11.8. The second-order valence-electron chi connectivity index (χ2n) is 6.24. The summed E-state index contributed by atoms with van der Waals surface area (Å²) >= 11 is 1.69. The van der Waals surface area contributed by atoms with Crippen LogP contribution < -0.4 is 10.3 Å². The maximum Gasteiger partial charge on any atom is 0.260 e. The molecule has 5 heteroatoms. The minimum absolute atomic E-state index is 0.0177. The van der Waals surface area contributed by atoms with Gasteiger partial charge in [-0.05, 0) is 43.4 Å². The molecule has 0 saturated heterocycles. The van der Waals surface area contributed by atoms with E-state index in [1.807, 2.05) is 24.3 Å². The van der Waals surface area contributed by atoms with E-state index in [2.05, 4.69) is 4.98 Å². The van der Waals surface area contributed by atoms with Gasteiger partial charge in [-0.2, -0.15) is 0 Å². The minimum Gasteiger partial charge on any atom is -0.497 e. The number of hydrogen-bond donors (Lipinski definition) is 1. The van der Waals surface area contributed by atoms with Gasteiger partial charge in [-0.25, -0.2) is 4.98 Å². The van der Waals surface area contributed by atoms with Crippen molar-refractivity contribution >= 4 is 21.6 Å². The number of aryl methyl sites for hydroxylation is 2. The van der Waals surface area contributed by atoms with Crippen molar-refractivity contribution in [2.24, 2.45) is 0 Å². The highest BCUT2D eigenvalue weighted by Crippen LogP contribution is 2.33. The summed E-state index contributed by atoms with van der Waals surface area (Å²) in [7, 11) is 1.64. The summed E-state index contributed by atoms with van der Waals surface area (Å²) in [6, 6.07) is 7.63. The molecule has 0 atom stereocenters. The van der Waals surface area contributed by atoms with E-state index in [4.69, 9.17) is 9.72 Å². The predicted octanol–water partition coefficient (Wildman–Crippen LogP) is 4.32. The van der Waals surface area contributed by atoms with E-state index in [9.17, 15) is 4.79 Å². The molecule has 0 unspecified atom stereocenters. The van der Waals surface area contributed by atoms with Gasteiger partial charge in [0.2, 0.25) is 0 Å². The van der Waals surface area contributed by atoms with E-state index in [1.165, 1.54) is 29.7 Å². The highest BCUT2D eigenvalue weighted by atomic mass is 32.1. The SMILES string of the molecule is COc1cccc(-c2nc3sc4c(c3c(=O)[nH]2)CCCCCC4)c1. The molecule has 0 amide bonds. The maximum absolute atomic E-state index is 12.7. The molecule has 0 radical (unpaired) electrons. The molecule has 1 aromatic carbocycles. The van der Waals surface area contributed by atoms with Crippen LogP contribution in [0.4, 0.5) is 0 Å². The van der Waals surface area contributed by atoms with Crippen molar-refractivity contribution in [3.05, 3.63) is 45.1 Å². The first-order valence-electron chi connectivity index (χ1n) is 8.45. The quantitative estimate of drug-likeness (QED) is 0.756. The van der Waals surface area contributed by atoms with Crippen molar-refractivity contribution < 1.29 is 4.74 Å². The summed E-state index contributed by atoms with van der Waals surface area (Å²) in [6.07, 6.45) is 6.98. The van der Waals surface area contributed by atoms with Gasteiger partial charge >= 0.3 is 0 Å². The number of hydrogen-bond acceptors (Lipinski definition) is 4. The number of methoxy groups -OCH3 is 1. The standard InChI is InChI=1S/C19H20N2O2S/c1-23-13-8-6-7-12(11-13)17-20-18(22)16-14-9-4-2-3-5-10-15(14)24-19(16)21-17/h6-8,11H,2-5,9-10H2,1H3,(H,20,21,22). The Labute approximate surface area is 144 Å².